The molecule has 1 aromatic carbocycles. The first-order chi connectivity index (χ1) is 7.33. The average Bonchev–Trinajstić information content (AvgIpc) is 2.30. The van der Waals surface area contributed by atoms with Crippen LogP contribution < -0.4 is 0 Å². The van der Waals surface area contributed by atoms with Crippen molar-refractivity contribution >= 4 is 0 Å². The molecule has 0 radical (unpaired) electrons. The topological polar surface area (TPSA) is 0 Å². The summed E-state index contributed by atoms with van der Waals surface area (Å²) in [5.41, 5.74) is 3.14. The van der Waals surface area contributed by atoms with Crippen LogP contribution in [0.15, 0.2) is 42.0 Å². The van der Waals surface area contributed by atoms with E-state index in [-0.39, 0.29) is 0 Å². The summed E-state index contributed by atoms with van der Waals surface area (Å²) in [5, 5.41) is 0. The Hall–Kier alpha value is -1.04. The largest absolute Gasteiger partial charge is 0.0876 e. The smallest absolute Gasteiger partial charge is 0.00507 e. The second kappa shape index (κ2) is 4.65. The first-order valence-corrected chi connectivity index (χ1v) is 6.04. The quantitative estimate of drug-likeness (QED) is 0.584. The molecule has 0 spiro atoms. The molecule has 1 aromatic rings. The van der Waals surface area contributed by atoms with E-state index in [9.17, 15) is 0 Å². The van der Waals surface area contributed by atoms with Crippen molar-refractivity contribution in [2.75, 3.05) is 0 Å². The molecule has 2 rings (SSSR count). The third-order valence-corrected chi connectivity index (χ3v) is 3.64. The highest BCUT2D eigenvalue weighted by molar-refractivity contribution is 5.30. The maximum atomic E-state index is 2.37. The fourth-order valence-electron chi connectivity index (χ4n) is 2.84. The van der Waals surface area contributed by atoms with E-state index in [0.717, 1.165) is 5.92 Å². The highest BCUT2D eigenvalue weighted by Crippen LogP contribution is 2.40. The Bertz CT molecular complexity index is 334. The summed E-state index contributed by atoms with van der Waals surface area (Å²) < 4.78 is 0. The zero-order chi connectivity index (χ0) is 10.7. The Kier molecular flexibility index (Phi) is 3.25. The Balaban J connectivity index is 2.28. The van der Waals surface area contributed by atoms with E-state index < -0.39 is 0 Å². The van der Waals surface area contributed by atoms with Crippen LogP contribution in [0.5, 0.6) is 0 Å². The Labute approximate surface area is 93.0 Å². The van der Waals surface area contributed by atoms with Gasteiger partial charge in [-0.3, -0.25) is 0 Å². The van der Waals surface area contributed by atoms with Gasteiger partial charge in [0, 0.05) is 5.92 Å². The van der Waals surface area contributed by atoms with Crippen LogP contribution >= 0.6 is 0 Å². The Morgan fingerprint density at radius 2 is 1.87 bits per heavy atom. The van der Waals surface area contributed by atoms with Crippen LogP contribution in [0.3, 0.4) is 0 Å². The second-order valence-corrected chi connectivity index (χ2v) is 4.58. The van der Waals surface area contributed by atoms with Crippen molar-refractivity contribution in [2.24, 2.45) is 5.92 Å². The molecule has 0 heterocycles. The van der Waals surface area contributed by atoms with Gasteiger partial charge in [0.05, 0.1) is 0 Å². The molecule has 15 heavy (non-hydrogen) atoms. The highest BCUT2D eigenvalue weighted by Gasteiger charge is 2.24. The van der Waals surface area contributed by atoms with Crippen LogP contribution in [0.25, 0.3) is 0 Å². The van der Waals surface area contributed by atoms with Crippen molar-refractivity contribution in [1.82, 2.24) is 0 Å². The number of rotatable bonds is 1. The van der Waals surface area contributed by atoms with Gasteiger partial charge < -0.3 is 0 Å². The molecule has 0 aliphatic heterocycles. The van der Waals surface area contributed by atoms with Gasteiger partial charge in [-0.25, -0.2) is 0 Å². The van der Waals surface area contributed by atoms with E-state index in [2.05, 4.69) is 50.3 Å². The zero-order valence-electron chi connectivity index (χ0n) is 9.74. The third kappa shape index (κ3) is 2.14. The van der Waals surface area contributed by atoms with E-state index in [0.29, 0.717) is 5.92 Å². The average molecular weight is 200 g/mol. The lowest BCUT2D eigenvalue weighted by Gasteiger charge is -2.31. The molecule has 0 heteroatoms. The minimum absolute atomic E-state index is 0.681. The van der Waals surface area contributed by atoms with Crippen molar-refractivity contribution in [3.63, 3.8) is 0 Å². The van der Waals surface area contributed by atoms with Crippen LogP contribution in [0, 0.1) is 5.92 Å². The molecule has 0 amide bonds. The van der Waals surface area contributed by atoms with E-state index in [4.69, 9.17) is 0 Å². The van der Waals surface area contributed by atoms with Gasteiger partial charge in [0.1, 0.15) is 0 Å². The third-order valence-electron chi connectivity index (χ3n) is 3.64. The van der Waals surface area contributed by atoms with Gasteiger partial charge in [0.25, 0.3) is 0 Å². The van der Waals surface area contributed by atoms with Gasteiger partial charge >= 0.3 is 0 Å². The predicted octanol–water partition coefficient (Wildman–Crippen LogP) is 4.54. The normalized spacial score (nSPS) is 29.3. The van der Waals surface area contributed by atoms with Gasteiger partial charge in [-0.2, -0.15) is 0 Å². The van der Waals surface area contributed by atoms with Crippen LogP contribution in [0.2, 0.25) is 0 Å². The lowest BCUT2D eigenvalue weighted by Crippen LogP contribution is -2.15. The van der Waals surface area contributed by atoms with Crippen molar-refractivity contribution in [3.05, 3.63) is 47.5 Å². The van der Waals surface area contributed by atoms with Crippen molar-refractivity contribution < 1.29 is 0 Å². The monoisotopic (exact) mass is 200 g/mol. The van der Waals surface area contributed by atoms with Gasteiger partial charge in [-0.15, -0.1) is 0 Å². The zero-order valence-corrected chi connectivity index (χ0v) is 9.74. The molecule has 1 fully saturated rings. The summed E-state index contributed by atoms with van der Waals surface area (Å²) in [7, 11) is 0. The van der Waals surface area contributed by atoms with Gasteiger partial charge in [0.2, 0.25) is 0 Å². The standard InChI is InChI=1S/C15H20/c1-3-14-12(2)8-7-11-15(14)13-9-5-4-6-10-13/h3-6,9-10,12,15H,7-8,11H2,1-2H3/t12-,15+/m1/s1. The Morgan fingerprint density at radius 3 is 2.53 bits per heavy atom. The molecule has 80 valence electrons. The fourth-order valence-corrected chi connectivity index (χ4v) is 2.84. The molecular weight excluding hydrogens is 180 g/mol. The highest BCUT2D eigenvalue weighted by atomic mass is 14.3. The van der Waals surface area contributed by atoms with Crippen molar-refractivity contribution in [2.45, 2.75) is 39.0 Å². The molecule has 0 N–H and O–H groups in total. The second-order valence-electron chi connectivity index (χ2n) is 4.58. The molecule has 0 saturated heterocycles. The lowest BCUT2D eigenvalue weighted by atomic mass is 9.74. The maximum Gasteiger partial charge on any atom is 0.00507 e. The lowest BCUT2D eigenvalue weighted by molar-refractivity contribution is 0.444. The molecular formula is C15H20. The van der Waals surface area contributed by atoms with Crippen molar-refractivity contribution in [3.8, 4) is 0 Å². The summed E-state index contributed by atoms with van der Waals surface area (Å²) >= 11 is 0. The van der Waals surface area contributed by atoms with E-state index >= 15 is 0 Å². The molecule has 2 atom stereocenters. The van der Waals surface area contributed by atoms with Gasteiger partial charge in [-0.05, 0) is 31.2 Å². The first kappa shape index (κ1) is 10.5. The fraction of sp³-hybridized carbons (Fsp3) is 0.467. The Morgan fingerprint density at radius 1 is 1.13 bits per heavy atom. The molecule has 0 nitrogen and oxygen atoms in total. The maximum absolute atomic E-state index is 2.37. The molecule has 1 saturated carbocycles. The van der Waals surface area contributed by atoms with E-state index in [1.165, 1.54) is 24.8 Å². The van der Waals surface area contributed by atoms with Crippen molar-refractivity contribution in [1.29, 1.82) is 0 Å². The minimum atomic E-state index is 0.681. The van der Waals surface area contributed by atoms with Crippen LogP contribution in [-0.2, 0) is 0 Å². The van der Waals surface area contributed by atoms with Crippen LogP contribution in [-0.4, -0.2) is 0 Å². The number of hydrogen-bond acceptors (Lipinski definition) is 0. The first-order valence-electron chi connectivity index (χ1n) is 6.04. The summed E-state index contributed by atoms with van der Waals surface area (Å²) in [6, 6.07) is 11.0. The van der Waals surface area contributed by atoms with E-state index in [1.54, 1.807) is 5.57 Å². The summed E-state index contributed by atoms with van der Waals surface area (Å²) in [5.74, 6) is 1.45. The molecule has 0 bridgehead atoms. The molecule has 0 unspecified atom stereocenters. The van der Waals surface area contributed by atoms with E-state index in [1.807, 2.05) is 0 Å². The minimum Gasteiger partial charge on any atom is -0.0876 e. The number of allylic oxidation sites excluding steroid dienone is 2. The van der Waals surface area contributed by atoms with Gasteiger partial charge in [0.15, 0.2) is 0 Å². The SMILES string of the molecule is CC=C1[C@H](C)CCC[C@H]1c1ccccc1. The van der Waals surface area contributed by atoms with Gasteiger partial charge in [-0.1, -0.05) is 55.3 Å². The van der Waals surface area contributed by atoms with Crippen LogP contribution in [0.1, 0.15) is 44.6 Å². The summed E-state index contributed by atoms with van der Waals surface area (Å²) in [4.78, 5) is 0. The number of benzene rings is 1. The molecule has 0 aromatic heterocycles. The summed E-state index contributed by atoms with van der Waals surface area (Å²) in [6.45, 7) is 4.55. The molecule has 1 aliphatic rings. The van der Waals surface area contributed by atoms with Crippen LogP contribution in [0.4, 0.5) is 0 Å². The predicted molar refractivity (Wildman–Crippen MR) is 66.0 cm³/mol. The molecule has 1 aliphatic carbocycles. The summed E-state index contributed by atoms with van der Waals surface area (Å²) in [6.07, 6.45) is 6.40. The number of hydrogen-bond donors (Lipinski definition) is 0.